The quantitative estimate of drug-likeness (QED) is 0.799. The van der Waals surface area contributed by atoms with Gasteiger partial charge in [0, 0.05) is 11.9 Å². The maximum Gasteiger partial charge on any atom is 0.274 e. The molecule has 0 radical (unpaired) electrons. The summed E-state index contributed by atoms with van der Waals surface area (Å²) >= 11 is 0. The van der Waals surface area contributed by atoms with Crippen LogP contribution in [0.2, 0.25) is 0 Å². The molecular formula is C18H15N3O. The molecule has 0 unspecified atom stereocenters. The molecule has 3 rings (SSSR count). The Morgan fingerprint density at radius 1 is 0.909 bits per heavy atom. The number of nitrogens with one attached hydrogen (secondary N) is 1. The Labute approximate surface area is 128 Å². The lowest BCUT2D eigenvalue weighted by Gasteiger charge is -2.08. The molecule has 3 aromatic rings. The normalized spacial score (nSPS) is 10.2. The molecule has 4 heteroatoms. The van der Waals surface area contributed by atoms with Gasteiger partial charge in [-0.3, -0.25) is 9.78 Å². The van der Waals surface area contributed by atoms with E-state index in [0.29, 0.717) is 11.4 Å². The predicted octanol–water partition coefficient (Wildman–Crippen LogP) is 3.70. The van der Waals surface area contributed by atoms with Gasteiger partial charge in [0.25, 0.3) is 5.91 Å². The molecule has 0 aliphatic carbocycles. The van der Waals surface area contributed by atoms with Crippen LogP contribution in [0, 0.1) is 6.92 Å². The summed E-state index contributed by atoms with van der Waals surface area (Å²) in [6, 6.07) is 18.6. The number of amides is 1. The molecule has 1 N–H and O–H groups in total. The van der Waals surface area contributed by atoms with Crippen LogP contribution in [0.1, 0.15) is 16.1 Å². The average Bonchev–Trinajstić information content (AvgIpc) is 2.58. The molecular weight excluding hydrogens is 274 g/mol. The van der Waals surface area contributed by atoms with Gasteiger partial charge >= 0.3 is 0 Å². The number of hydrogen-bond donors (Lipinski definition) is 1. The number of rotatable bonds is 3. The number of hydrogen-bond acceptors (Lipinski definition) is 3. The minimum Gasteiger partial charge on any atom is -0.320 e. The first-order chi connectivity index (χ1) is 10.7. The van der Waals surface area contributed by atoms with Crippen LogP contribution in [0.5, 0.6) is 0 Å². The molecule has 0 saturated carbocycles. The van der Waals surface area contributed by atoms with E-state index in [9.17, 15) is 4.79 Å². The van der Waals surface area contributed by atoms with Crippen molar-refractivity contribution >= 4 is 11.6 Å². The van der Waals surface area contributed by atoms with Crippen molar-refractivity contribution in [2.24, 2.45) is 0 Å². The lowest BCUT2D eigenvalue weighted by atomic mass is 10.2. The van der Waals surface area contributed by atoms with E-state index in [0.717, 1.165) is 16.9 Å². The van der Waals surface area contributed by atoms with E-state index in [2.05, 4.69) is 15.3 Å². The van der Waals surface area contributed by atoms with Crippen LogP contribution in [0.4, 0.5) is 5.69 Å². The highest BCUT2D eigenvalue weighted by molar-refractivity contribution is 6.03. The first-order valence-corrected chi connectivity index (χ1v) is 6.99. The van der Waals surface area contributed by atoms with Gasteiger partial charge in [0.1, 0.15) is 5.69 Å². The SMILES string of the molecule is Cc1ccccc1NC(=O)c1cccc(-c2ccccn2)n1. The predicted molar refractivity (Wildman–Crippen MR) is 86.6 cm³/mol. The van der Waals surface area contributed by atoms with Crippen molar-refractivity contribution in [2.45, 2.75) is 6.92 Å². The van der Waals surface area contributed by atoms with Crippen LogP contribution in [0.15, 0.2) is 66.9 Å². The maximum absolute atomic E-state index is 12.4. The van der Waals surface area contributed by atoms with E-state index in [1.54, 1.807) is 12.3 Å². The molecule has 1 amide bonds. The Morgan fingerprint density at radius 3 is 2.45 bits per heavy atom. The zero-order valence-electron chi connectivity index (χ0n) is 12.2. The largest absolute Gasteiger partial charge is 0.320 e. The first-order valence-electron chi connectivity index (χ1n) is 6.99. The highest BCUT2D eigenvalue weighted by Gasteiger charge is 2.10. The molecule has 0 fully saturated rings. The van der Waals surface area contributed by atoms with E-state index < -0.39 is 0 Å². The zero-order valence-corrected chi connectivity index (χ0v) is 12.2. The summed E-state index contributed by atoms with van der Waals surface area (Å²) in [5.74, 6) is -0.230. The van der Waals surface area contributed by atoms with Gasteiger partial charge in [-0.2, -0.15) is 0 Å². The van der Waals surface area contributed by atoms with Gasteiger partial charge in [-0.25, -0.2) is 4.98 Å². The fourth-order valence-corrected chi connectivity index (χ4v) is 2.12. The molecule has 0 aliphatic heterocycles. The van der Waals surface area contributed by atoms with E-state index in [1.165, 1.54) is 0 Å². The number of carbonyl (C=O) groups is 1. The van der Waals surface area contributed by atoms with Crippen molar-refractivity contribution in [3.05, 3.63) is 78.1 Å². The molecule has 2 heterocycles. The molecule has 108 valence electrons. The maximum atomic E-state index is 12.4. The van der Waals surface area contributed by atoms with E-state index in [1.807, 2.05) is 61.5 Å². The minimum absolute atomic E-state index is 0.230. The molecule has 0 aliphatic rings. The van der Waals surface area contributed by atoms with Gasteiger partial charge in [0.15, 0.2) is 0 Å². The van der Waals surface area contributed by atoms with Gasteiger partial charge in [-0.05, 0) is 42.8 Å². The van der Waals surface area contributed by atoms with Crippen molar-refractivity contribution in [1.29, 1.82) is 0 Å². The number of nitrogens with zero attached hydrogens (tertiary/aromatic N) is 2. The molecule has 1 aromatic carbocycles. The fraction of sp³-hybridized carbons (Fsp3) is 0.0556. The standard InChI is InChI=1S/C18H15N3O/c1-13-7-2-3-8-14(13)21-18(22)17-11-6-10-16(20-17)15-9-4-5-12-19-15/h2-12H,1H3,(H,21,22). The van der Waals surface area contributed by atoms with Gasteiger partial charge in [0.05, 0.1) is 11.4 Å². The van der Waals surface area contributed by atoms with Gasteiger partial charge in [-0.15, -0.1) is 0 Å². The zero-order chi connectivity index (χ0) is 15.4. The molecule has 4 nitrogen and oxygen atoms in total. The van der Waals surface area contributed by atoms with Crippen LogP contribution >= 0.6 is 0 Å². The fourth-order valence-electron chi connectivity index (χ4n) is 2.12. The number of carbonyl (C=O) groups excluding carboxylic acids is 1. The van der Waals surface area contributed by atoms with Crippen LogP contribution in [-0.2, 0) is 0 Å². The topological polar surface area (TPSA) is 54.9 Å². The lowest BCUT2D eigenvalue weighted by molar-refractivity contribution is 0.102. The molecule has 0 bridgehead atoms. The van der Waals surface area contributed by atoms with Crippen molar-refractivity contribution in [3.63, 3.8) is 0 Å². The van der Waals surface area contributed by atoms with E-state index in [4.69, 9.17) is 0 Å². The van der Waals surface area contributed by atoms with Gasteiger partial charge in [-0.1, -0.05) is 30.3 Å². The monoisotopic (exact) mass is 289 g/mol. The second-order valence-electron chi connectivity index (χ2n) is 4.89. The molecule has 0 spiro atoms. The second-order valence-corrected chi connectivity index (χ2v) is 4.89. The number of para-hydroxylation sites is 1. The second kappa shape index (κ2) is 6.18. The van der Waals surface area contributed by atoms with Gasteiger partial charge < -0.3 is 5.32 Å². The number of benzene rings is 1. The van der Waals surface area contributed by atoms with Crippen molar-refractivity contribution in [3.8, 4) is 11.4 Å². The van der Waals surface area contributed by atoms with Crippen molar-refractivity contribution in [2.75, 3.05) is 5.32 Å². The highest BCUT2D eigenvalue weighted by Crippen LogP contribution is 2.16. The van der Waals surface area contributed by atoms with Gasteiger partial charge in [0.2, 0.25) is 0 Å². The summed E-state index contributed by atoms with van der Waals surface area (Å²) in [4.78, 5) is 21.0. The third kappa shape index (κ3) is 3.01. The van der Waals surface area contributed by atoms with Crippen LogP contribution in [-0.4, -0.2) is 15.9 Å². The summed E-state index contributed by atoms with van der Waals surface area (Å²) in [5, 5.41) is 2.88. The summed E-state index contributed by atoms with van der Waals surface area (Å²) in [6.07, 6.45) is 1.71. The van der Waals surface area contributed by atoms with E-state index in [-0.39, 0.29) is 5.91 Å². The molecule has 0 atom stereocenters. The molecule has 22 heavy (non-hydrogen) atoms. The molecule has 2 aromatic heterocycles. The third-order valence-corrected chi connectivity index (χ3v) is 3.30. The number of aromatic nitrogens is 2. The van der Waals surface area contributed by atoms with Crippen LogP contribution < -0.4 is 5.32 Å². The third-order valence-electron chi connectivity index (χ3n) is 3.30. The Bertz CT molecular complexity index is 800. The summed E-state index contributed by atoms with van der Waals surface area (Å²) in [7, 11) is 0. The summed E-state index contributed by atoms with van der Waals surface area (Å²) < 4.78 is 0. The number of aryl methyl sites for hydroxylation is 1. The van der Waals surface area contributed by atoms with Crippen LogP contribution in [0.3, 0.4) is 0 Å². The molecule has 0 saturated heterocycles. The van der Waals surface area contributed by atoms with Crippen molar-refractivity contribution < 1.29 is 4.79 Å². The summed E-state index contributed by atoms with van der Waals surface area (Å²) in [5.41, 5.74) is 3.59. The summed E-state index contributed by atoms with van der Waals surface area (Å²) in [6.45, 7) is 1.95. The Morgan fingerprint density at radius 2 is 1.68 bits per heavy atom. The Balaban J connectivity index is 1.86. The lowest BCUT2D eigenvalue weighted by Crippen LogP contribution is -2.14. The Kier molecular flexibility index (Phi) is 3.92. The minimum atomic E-state index is -0.230. The number of pyridine rings is 2. The highest BCUT2D eigenvalue weighted by atomic mass is 16.1. The van der Waals surface area contributed by atoms with Crippen LogP contribution in [0.25, 0.3) is 11.4 Å². The first kappa shape index (κ1) is 13.9. The smallest absolute Gasteiger partial charge is 0.274 e. The average molecular weight is 289 g/mol. The van der Waals surface area contributed by atoms with E-state index >= 15 is 0 Å². The van der Waals surface area contributed by atoms with Crippen molar-refractivity contribution in [1.82, 2.24) is 9.97 Å². The Hall–Kier alpha value is -3.01. The number of anilines is 1.